The topological polar surface area (TPSA) is 64.6 Å². The van der Waals surface area contributed by atoms with Gasteiger partial charge in [0.2, 0.25) is 0 Å². The van der Waals surface area contributed by atoms with Gasteiger partial charge >= 0.3 is 5.97 Å². The Bertz CT molecular complexity index is 933. The van der Waals surface area contributed by atoms with Gasteiger partial charge < -0.3 is 14.8 Å². The summed E-state index contributed by atoms with van der Waals surface area (Å²) >= 11 is 1.37. The van der Waals surface area contributed by atoms with Gasteiger partial charge in [-0.2, -0.15) is 0 Å². The van der Waals surface area contributed by atoms with Crippen LogP contribution in [-0.4, -0.2) is 18.5 Å². The summed E-state index contributed by atoms with van der Waals surface area (Å²) < 4.78 is 10.7. The fraction of sp³-hybridized carbons (Fsp3) is 0.143. The van der Waals surface area contributed by atoms with Gasteiger partial charge in [-0.05, 0) is 72.8 Å². The van der Waals surface area contributed by atoms with Gasteiger partial charge in [-0.25, -0.2) is 4.79 Å². The first-order chi connectivity index (χ1) is 13.0. The van der Waals surface area contributed by atoms with Crippen LogP contribution in [0.1, 0.15) is 20.8 Å². The van der Waals surface area contributed by atoms with Crippen LogP contribution in [0.25, 0.3) is 0 Å². The molecule has 1 amide bonds. The minimum Gasteiger partial charge on any atom is -0.482 e. The molecule has 1 aromatic heterocycles. The zero-order valence-corrected chi connectivity index (χ0v) is 15.8. The molecule has 0 fully saturated rings. The van der Waals surface area contributed by atoms with E-state index in [1.54, 1.807) is 30.3 Å². The minimum absolute atomic E-state index is 0.170. The van der Waals surface area contributed by atoms with Crippen molar-refractivity contribution in [1.29, 1.82) is 0 Å². The fourth-order valence-electron chi connectivity index (χ4n) is 2.31. The monoisotopic (exact) mass is 381 g/mol. The first-order valence-electron chi connectivity index (χ1n) is 8.37. The highest BCUT2D eigenvalue weighted by molar-refractivity contribution is 7.12. The molecule has 0 atom stereocenters. The largest absolute Gasteiger partial charge is 0.482 e. The van der Waals surface area contributed by atoms with Crippen molar-refractivity contribution in [3.05, 3.63) is 76.0 Å². The van der Waals surface area contributed by atoms with Crippen LogP contribution in [0.5, 0.6) is 11.5 Å². The molecular formula is C21H19NO4S. The normalized spacial score (nSPS) is 10.3. The number of nitrogens with one attached hydrogen (secondary N) is 1. The van der Waals surface area contributed by atoms with Crippen molar-refractivity contribution in [3.63, 3.8) is 0 Å². The van der Waals surface area contributed by atoms with Gasteiger partial charge in [-0.15, -0.1) is 11.3 Å². The number of benzene rings is 2. The van der Waals surface area contributed by atoms with E-state index < -0.39 is 5.97 Å². The molecule has 1 heterocycles. The number of esters is 1. The summed E-state index contributed by atoms with van der Waals surface area (Å²) in [6, 6.07) is 15.8. The average Bonchev–Trinajstić information content (AvgIpc) is 3.19. The Morgan fingerprint density at radius 1 is 0.963 bits per heavy atom. The van der Waals surface area contributed by atoms with Crippen LogP contribution in [0.2, 0.25) is 0 Å². The molecule has 0 aliphatic carbocycles. The lowest BCUT2D eigenvalue weighted by atomic mass is 10.1. The van der Waals surface area contributed by atoms with E-state index in [0.717, 1.165) is 11.1 Å². The highest BCUT2D eigenvalue weighted by Crippen LogP contribution is 2.19. The Labute approximate surface area is 161 Å². The Hall–Kier alpha value is -3.12. The van der Waals surface area contributed by atoms with E-state index in [-0.39, 0.29) is 12.5 Å². The molecule has 0 aliphatic heterocycles. The van der Waals surface area contributed by atoms with Crippen LogP contribution in [-0.2, 0) is 4.79 Å². The number of ether oxygens (including phenoxy) is 2. The van der Waals surface area contributed by atoms with E-state index in [1.807, 2.05) is 43.5 Å². The van der Waals surface area contributed by atoms with E-state index in [0.29, 0.717) is 22.1 Å². The van der Waals surface area contributed by atoms with Crippen molar-refractivity contribution in [1.82, 2.24) is 0 Å². The van der Waals surface area contributed by atoms with Crippen LogP contribution in [0.15, 0.2) is 60.0 Å². The number of carbonyl (C=O) groups excluding carboxylic acids is 2. The van der Waals surface area contributed by atoms with Gasteiger partial charge in [0.05, 0.1) is 4.88 Å². The Morgan fingerprint density at radius 3 is 2.37 bits per heavy atom. The van der Waals surface area contributed by atoms with E-state index in [1.165, 1.54) is 11.3 Å². The van der Waals surface area contributed by atoms with Gasteiger partial charge in [0, 0.05) is 5.69 Å². The number of carbonyl (C=O) groups is 2. The van der Waals surface area contributed by atoms with E-state index in [9.17, 15) is 9.59 Å². The number of amides is 1. The first-order valence-corrected chi connectivity index (χ1v) is 9.25. The standard InChI is InChI=1S/C21H19NO4S/c1-14-5-8-18(12-15(14)2)25-13-20(23)26-17-9-6-16(7-10-17)22-21(24)19-4-3-11-27-19/h3-12H,13H2,1-2H3,(H,22,24). The zero-order chi connectivity index (χ0) is 19.2. The number of aryl methyl sites for hydroxylation is 2. The summed E-state index contributed by atoms with van der Waals surface area (Å²) in [5.41, 5.74) is 2.89. The SMILES string of the molecule is Cc1ccc(OCC(=O)Oc2ccc(NC(=O)c3cccs3)cc2)cc1C. The maximum atomic E-state index is 12.0. The summed E-state index contributed by atoms with van der Waals surface area (Å²) in [4.78, 5) is 24.6. The second-order valence-corrected chi connectivity index (χ2v) is 6.91. The summed E-state index contributed by atoms with van der Waals surface area (Å²) in [7, 11) is 0. The molecule has 0 saturated carbocycles. The molecular weight excluding hydrogens is 362 g/mol. The van der Waals surface area contributed by atoms with E-state index in [2.05, 4.69) is 5.32 Å². The quantitative estimate of drug-likeness (QED) is 0.501. The number of hydrogen-bond donors (Lipinski definition) is 1. The minimum atomic E-state index is -0.497. The smallest absolute Gasteiger partial charge is 0.349 e. The third kappa shape index (κ3) is 5.18. The van der Waals surface area contributed by atoms with Crippen LogP contribution in [0, 0.1) is 13.8 Å². The molecule has 0 radical (unpaired) electrons. The predicted molar refractivity (Wildman–Crippen MR) is 106 cm³/mol. The summed E-state index contributed by atoms with van der Waals surface area (Å²) in [5, 5.41) is 4.63. The third-order valence-corrected chi connectivity index (χ3v) is 4.79. The molecule has 3 rings (SSSR count). The summed E-state index contributed by atoms with van der Waals surface area (Å²) in [5.74, 6) is 0.347. The van der Waals surface area contributed by atoms with Crippen LogP contribution in [0.4, 0.5) is 5.69 Å². The molecule has 0 spiro atoms. The van der Waals surface area contributed by atoms with Crippen molar-refractivity contribution < 1.29 is 19.1 Å². The van der Waals surface area contributed by atoms with Gasteiger partial charge in [-0.3, -0.25) is 4.79 Å². The number of hydrogen-bond acceptors (Lipinski definition) is 5. The molecule has 27 heavy (non-hydrogen) atoms. The second kappa shape index (κ2) is 8.51. The molecule has 5 nitrogen and oxygen atoms in total. The Kier molecular flexibility index (Phi) is 5.88. The maximum absolute atomic E-state index is 12.0. The molecule has 2 aromatic carbocycles. The molecule has 3 aromatic rings. The third-order valence-electron chi connectivity index (χ3n) is 3.92. The van der Waals surface area contributed by atoms with Crippen molar-refractivity contribution in [2.45, 2.75) is 13.8 Å². The Morgan fingerprint density at radius 2 is 1.70 bits per heavy atom. The zero-order valence-electron chi connectivity index (χ0n) is 15.0. The van der Waals surface area contributed by atoms with E-state index >= 15 is 0 Å². The van der Waals surface area contributed by atoms with Crippen molar-refractivity contribution in [2.75, 3.05) is 11.9 Å². The van der Waals surface area contributed by atoms with Gasteiger partial charge in [-0.1, -0.05) is 12.1 Å². The predicted octanol–water partition coefficient (Wildman–Crippen LogP) is 4.60. The molecule has 0 saturated heterocycles. The molecule has 6 heteroatoms. The van der Waals surface area contributed by atoms with Gasteiger partial charge in [0.25, 0.3) is 5.91 Å². The lowest BCUT2D eigenvalue weighted by molar-refractivity contribution is -0.136. The number of anilines is 1. The lowest BCUT2D eigenvalue weighted by Crippen LogP contribution is -2.17. The molecule has 0 unspecified atom stereocenters. The lowest BCUT2D eigenvalue weighted by Gasteiger charge is -2.09. The van der Waals surface area contributed by atoms with Crippen LogP contribution in [0.3, 0.4) is 0 Å². The van der Waals surface area contributed by atoms with Crippen LogP contribution < -0.4 is 14.8 Å². The first kappa shape index (κ1) is 18.7. The van der Waals surface area contributed by atoms with Crippen molar-refractivity contribution in [2.24, 2.45) is 0 Å². The highest BCUT2D eigenvalue weighted by atomic mass is 32.1. The molecule has 1 N–H and O–H groups in total. The summed E-state index contributed by atoms with van der Waals surface area (Å²) in [6.45, 7) is 3.82. The van der Waals surface area contributed by atoms with Crippen molar-refractivity contribution >= 4 is 28.9 Å². The second-order valence-electron chi connectivity index (χ2n) is 5.96. The van der Waals surface area contributed by atoms with E-state index in [4.69, 9.17) is 9.47 Å². The maximum Gasteiger partial charge on any atom is 0.349 e. The molecule has 0 bridgehead atoms. The number of thiophene rings is 1. The number of rotatable bonds is 6. The van der Waals surface area contributed by atoms with Crippen molar-refractivity contribution in [3.8, 4) is 11.5 Å². The van der Waals surface area contributed by atoms with Crippen LogP contribution >= 0.6 is 11.3 Å². The summed E-state index contributed by atoms with van der Waals surface area (Å²) in [6.07, 6.45) is 0. The Balaban J connectivity index is 1.50. The average molecular weight is 381 g/mol. The molecule has 0 aliphatic rings. The van der Waals surface area contributed by atoms with Gasteiger partial charge in [0.15, 0.2) is 6.61 Å². The van der Waals surface area contributed by atoms with Gasteiger partial charge in [0.1, 0.15) is 11.5 Å². The fourth-order valence-corrected chi connectivity index (χ4v) is 2.93. The highest BCUT2D eigenvalue weighted by Gasteiger charge is 2.09. The molecule has 138 valence electrons.